The molecule has 0 saturated carbocycles. The van der Waals surface area contributed by atoms with E-state index in [1.54, 1.807) is 0 Å². The smallest absolute Gasteiger partial charge is 0.0376 e. The van der Waals surface area contributed by atoms with E-state index in [-0.39, 0.29) is 0 Å². The normalized spacial score (nSPS) is 10.7. The average molecular weight is 205 g/mol. The van der Waals surface area contributed by atoms with Crippen molar-refractivity contribution in [1.29, 1.82) is 0 Å². The zero-order valence-electron chi connectivity index (χ0n) is 9.53. The van der Waals surface area contributed by atoms with Gasteiger partial charge in [-0.15, -0.1) is 0 Å². The molecule has 0 aliphatic carbocycles. The summed E-state index contributed by atoms with van der Waals surface area (Å²) in [6, 6.07) is 2.10. The highest BCUT2D eigenvalue weighted by Crippen LogP contribution is 2.12. The van der Waals surface area contributed by atoms with E-state index in [9.17, 15) is 0 Å². The quantitative estimate of drug-likeness (QED) is 0.790. The molecule has 0 radical (unpaired) electrons. The molecule has 1 heterocycles. The summed E-state index contributed by atoms with van der Waals surface area (Å²) in [5.74, 6) is 0. The molecule has 0 spiro atoms. The van der Waals surface area contributed by atoms with Gasteiger partial charge in [0.25, 0.3) is 0 Å². The van der Waals surface area contributed by atoms with Gasteiger partial charge in [-0.2, -0.15) is 0 Å². The van der Waals surface area contributed by atoms with Gasteiger partial charge in [0.2, 0.25) is 0 Å². The van der Waals surface area contributed by atoms with Crippen LogP contribution in [-0.2, 0) is 6.54 Å². The number of aromatic nitrogens is 1. The topological polar surface area (TPSA) is 42.2 Å². The van der Waals surface area contributed by atoms with E-state index in [1.807, 2.05) is 19.2 Å². The molecule has 0 fully saturated rings. The van der Waals surface area contributed by atoms with Gasteiger partial charge in [0.1, 0.15) is 0 Å². The van der Waals surface area contributed by atoms with Gasteiger partial charge in [-0.25, -0.2) is 0 Å². The third-order valence-corrected chi connectivity index (χ3v) is 2.33. The molecule has 0 aromatic carbocycles. The summed E-state index contributed by atoms with van der Waals surface area (Å²) in [5.41, 5.74) is 8.91. The van der Waals surface area contributed by atoms with Crippen molar-refractivity contribution in [3.63, 3.8) is 0 Å². The van der Waals surface area contributed by atoms with E-state index >= 15 is 0 Å². The number of aryl methyl sites for hydroxylation is 1. The van der Waals surface area contributed by atoms with E-state index < -0.39 is 0 Å². The summed E-state index contributed by atoms with van der Waals surface area (Å²) in [6.45, 7) is 8.27. The lowest BCUT2D eigenvalue weighted by atomic mass is 10.1. The van der Waals surface area contributed by atoms with E-state index in [0.29, 0.717) is 6.54 Å². The van der Waals surface area contributed by atoms with Crippen molar-refractivity contribution >= 4 is 6.08 Å². The molecule has 15 heavy (non-hydrogen) atoms. The van der Waals surface area contributed by atoms with Crippen molar-refractivity contribution in [3.05, 3.63) is 35.7 Å². The molecular formula is C12H19N3. The highest BCUT2D eigenvalue weighted by molar-refractivity contribution is 5.50. The number of hydrogen-bond acceptors (Lipinski definition) is 3. The maximum absolute atomic E-state index is 5.51. The van der Waals surface area contributed by atoms with Gasteiger partial charge in [0, 0.05) is 31.5 Å². The van der Waals surface area contributed by atoms with Crippen LogP contribution < -0.4 is 5.73 Å². The lowest BCUT2D eigenvalue weighted by Crippen LogP contribution is -2.25. The molecule has 0 amide bonds. The molecule has 0 aliphatic rings. The molecule has 1 aromatic rings. The maximum atomic E-state index is 5.51. The molecule has 0 aliphatic heterocycles. The Bertz CT molecular complexity index is 334. The van der Waals surface area contributed by atoms with Crippen molar-refractivity contribution in [3.8, 4) is 0 Å². The van der Waals surface area contributed by atoms with Crippen LogP contribution in [-0.4, -0.2) is 30.0 Å². The molecule has 0 unspecified atom stereocenters. The fourth-order valence-corrected chi connectivity index (χ4v) is 1.54. The first-order valence-corrected chi connectivity index (χ1v) is 5.14. The van der Waals surface area contributed by atoms with Gasteiger partial charge in [0.15, 0.2) is 0 Å². The maximum Gasteiger partial charge on any atom is 0.0376 e. The largest absolute Gasteiger partial charge is 0.329 e. The van der Waals surface area contributed by atoms with Crippen LogP contribution in [0.4, 0.5) is 0 Å². The third kappa shape index (κ3) is 3.46. The number of nitrogens with zero attached hydrogens (tertiary/aromatic N) is 2. The molecular weight excluding hydrogens is 186 g/mol. The number of nitrogens with two attached hydrogens (primary N) is 1. The van der Waals surface area contributed by atoms with Crippen molar-refractivity contribution in [2.24, 2.45) is 5.73 Å². The molecule has 0 atom stereocenters. The van der Waals surface area contributed by atoms with E-state index in [2.05, 4.69) is 29.6 Å². The Morgan fingerprint density at radius 2 is 2.33 bits per heavy atom. The van der Waals surface area contributed by atoms with Gasteiger partial charge in [-0.1, -0.05) is 12.7 Å². The minimum Gasteiger partial charge on any atom is -0.329 e. The molecule has 3 heteroatoms. The molecule has 82 valence electrons. The van der Waals surface area contributed by atoms with Crippen LogP contribution >= 0.6 is 0 Å². The second-order valence-electron chi connectivity index (χ2n) is 3.76. The molecule has 2 N–H and O–H groups in total. The highest BCUT2D eigenvalue weighted by Gasteiger charge is 2.04. The van der Waals surface area contributed by atoms with Gasteiger partial charge in [-0.3, -0.25) is 4.98 Å². The number of rotatable bonds is 5. The Balaban J connectivity index is 2.82. The minimum atomic E-state index is 0.685. The summed E-state index contributed by atoms with van der Waals surface area (Å²) in [7, 11) is 2.06. The zero-order chi connectivity index (χ0) is 11.3. The fourth-order valence-electron chi connectivity index (χ4n) is 1.54. The second-order valence-corrected chi connectivity index (χ2v) is 3.76. The molecule has 0 saturated heterocycles. The van der Waals surface area contributed by atoms with E-state index in [4.69, 9.17) is 5.73 Å². The van der Waals surface area contributed by atoms with Crippen molar-refractivity contribution < 1.29 is 0 Å². The first-order valence-electron chi connectivity index (χ1n) is 5.14. The minimum absolute atomic E-state index is 0.685. The van der Waals surface area contributed by atoms with Crippen LogP contribution in [0.2, 0.25) is 0 Å². The Kier molecular flexibility index (Phi) is 4.46. The number of hydrogen-bond donors (Lipinski definition) is 1. The number of pyridine rings is 1. The van der Waals surface area contributed by atoms with Gasteiger partial charge in [0.05, 0.1) is 0 Å². The lowest BCUT2D eigenvalue weighted by molar-refractivity contribution is 0.336. The summed E-state index contributed by atoms with van der Waals surface area (Å²) in [5, 5.41) is 0. The first-order chi connectivity index (χ1) is 7.17. The van der Waals surface area contributed by atoms with Crippen LogP contribution in [0.15, 0.2) is 18.8 Å². The monoisotopic (exact) mass is 205 g/mol. The summed E-state index contributed by atoms with van der Waals surface area (Å²) >= 11 is 0. The Morgan fingerprint density at radius 1 is 1.60 bits per heavy atom. The Hall–Kier alpha value is -1.19. The molecule has 1 rings (SSSR count). The third-order valence-electron chi connectivity index (χ3n) is 2.33. The Labute approximate surface area is 91.6 Å². The van der Waals surface area contributed by atoms with Crippen LogP contribution in [0.1, 0.15) is 16.8 Å². The van der Waals surface area contributed by atoms with Crippen molar-refractivity contribution in [2.45, 2.75) is 13.5 Å². The summed E-state index contributed by atoms with van der Waals surface area (Å²) < 4.78 is 0. The van der Waals surface area contributed by atoms with Crippen LogP contribution in [0.3, 0.4) is 0 Å². The lowest BCUT2D eigenvalue weighted by Gasteiger charge is -2.17. The average Bonchev–Trinajstić information content (AvgIpc) is 2.18. The predicted molar refractivity (Wildman–Crippen MR) is 64.5 cm³/mol. The van der Waals surface area contributed by atoms with E-state index in [0.717, 1.165) is 24.3 Å². The second kappa shape index (κ2) is 5.63. The van der Waals surface area contributed by atoms with Gasteiger partial charge in [-0.05, 0) is 31.2 Å². The van der Waals surface area contributed by atoms with Crippen molar-refractivity contribution in [1.82, 2.24) is 9.88 Å². The van der Waals surface area contributed by atoms with E-state index in [1.165, 1.54) is 5.56 Å². The first kappa shape index (κ1) is 11.9. The standard InChI is InChI=1S/C12H19N3/c1-4-11-8-14-10(2)7-12(11)9-15(3)6-5-13/h4,7-8H,1,5-6,9,13H2,2-3H3. The molecule has 3 nitrogen and oxygen atoms in total. The van der Waals surface area contributed by atoms with Crippen molar-refractivity contribution in [2.75, 3.05) is 20.1 Å². The number of likely N-dealkylation sites (N-methyl/N-ethyl adjacent to an activating group) is 1. The van der Waals surface area contributed by atoms with Crippen LogP contribution in [0, 0.1) is 6.92 Å². The van der Waals surface area contributed by atoms with Gasteiger partial charge < -0.3 is 10.6 Å². The molecule has 1 aromatic heterocycles. The SMILES string of the molecule is C=Cc1cnc(C)cc1CN(C)CCN. The van der Waals surface area contributed by atoms with Gasteiger partial charge >= 0.3 is 0 Å². The zero-order valence-corrected chi connectivity index (χ0v) is 9.53. The summed E-state index contributed by atoms with van der Waals surface area (Å²) in [4.78, 5) is 6.45. The Morgan fingerprint density at radius 3 is 2.93 bits per heavy atom. The van der Waals surface area contributed by atoms with Crippen LogP contribution in [0.5, 0.6) is 0 Å². The summed E-state index contributed by atoms with van der Waals surface area (Å²) in [6.07, 6.45) is 3.71. The fraction of sp³-hybridized carbons (Fsp3) is 0.417. The predicted octanol–water partition coefficient (Wildman–Crippen LogP) is 1.42. The van der Waals surface area contributed by atoms with Crippen LogP contribution in [0.25, 0.3) is 6.08 Å². The highest BCUT2D eigenvalue weighted by atomic mass is 15.1. The molecule has 0 bridgehead atoms.